The third kappa shape index (κ3) is 6.55. The van der Waals surface area contributed by atoms with Gasteiger partial charge in [-0.2, -0.15) is 11.8 Å². The lowest BCUT2D eigenvalue weighted by Crippen LogP contribution is -2.35. The maximum Gasteiger partial charge on any atom is 0.226 e. The van der Waals surface area contributed by atoms with Crippen LogP contribution in [0.3, 0.4) is 0 Å². The van der Waals surface area contributed by atoms with Gasteiger partial charge >= 0.3 is 0 Å². The molecule has 1 amide bonds. The highest BCUT2D eigenvalue weighted by Gasteiger charge is 2.23. The van der Waals surface area contributed by atoms with Crippen molar-refractivity contribution in [1.82, 2.24) is 0 Å². The fourth-order valence-corrected chi connectivity index (χ4v) is 5.42. The number of benzene rings is 1. The van der Waals surface area contributed by atoms with Gasteiger partial charge in [0.05, 0.1) is 0 Å². The Morgan fingerprint density at radius 2 is 1.67 bits per heavy atom. The van der Waals surface area contributed by atoms with E-state index in [1.165, 1.54) is 49.8 Å². The Kier molecular flexibility index (Phi) is 7.30. The molecule has 0 unspecified atom stereocenters. The number of hydrogen-bond acceptors (Lipinski definition) is 2. The molecule has 27 heavy (non-hydrogen) atoms. The van der Waals surface area contributed by atoms with Crippen molar-refractivity contribution in [2.75, 3.05) is 17.2 Å². The van der Waals surface area contributed by atoms with E-state index in [1.54, 1.807) is 0 Å². The first kappa shape index (κ1) is 20.8. The Labute approximate surface area is 170 Å². The molecule has 1 aromatic rings. The Morgan fingerprint density at radius 3 is 2.30 bits per heavy atom. The molecule has 0 atom stereocenters. The topological polar surface area (TPSA) is 20.3 Å². The molecule has 2 fully saturated rings. The molecule has 0 aromatic heterocycles. The monoisotopic (exact) mass is 387 g/mol. The summed E-state index contributed by atoms with van der Waals surface area (Å²) in [7, 11) is 0. The van der Waals surface area contributed by atoms with Crippen LogP contribution in [-0.4, -0.2) is 23.0 Å². The molecule has 1 aliphatic carbocycles. The van der Waals surface area contributed by atoms with Gasteiger partial charge in [0.1, 0.15) is 0 Å². The number of nitrogens with zero attached hydrogens (tertiary/aromatic N) is 1. The van der Waals surface area contributed by atoms with Gasteiger partial charge in [-0.15, -0.1) is 0 Å². The van der Waals surface area contributed by atoms with Crippen LogP contribution < -0.4 is 4.90 Å². The molecule has 1 heterocycles. The van der Waals surface area contributed by atoms with Gasteiger partial charge in [-0.3, -0.25) is 4.79 Å². The molecule has 2 nitrogen and oxygen atoms in total. The third-order valence-electron chi connectivity index (χ3n) is 6.13. The minimum absolute atomic E-state index is 0.287. The van der Waals surface area contributed by atoms with E-state index in [1.807, 2.05) is 4.90 Å². The van der Waals surface area contributed by atoms with Gasteiger partial charge in [0, 0.05) is 23.4 Å². The van der Waals surface area contributed by atoms with E-state index >= 15 is 0 Å². The van der Waals surface area contributed by atoms with Crippen LogP contribution in [0.1, 0.15) is 77.7 Å². The number of rotatable bonds is 6. The summed E-state index contributed by atoms with van der Waals surface area (Å²) in [5, 5.41) is 0. The van der Waals surface area contributed by atoms with Crippen LogP contribution in [0, 0.1) is 11.8 Å². The van der Waals surface area contributed by atoms with Crippen molar-refractivity contribution in [3.63, 3.8) is 0 Å². The van der Waals surface area contributed by atoms with E-state index in [9.17, 15) is 4.79 Å². The highest BCUT2D eigenvalue weighted by Crippen LogP contribution is 2.36. The second-order valence-electron chi connectivity index (χ2n) is 9.52. The minimum atomic E-state index is 0.287. The molecule has 0 bridgehead atoms. The molecule has 1 aliphatic heterocycles. The fourth-order valence-electron chi connectivity index (χ4n) is 4.35. The van der Waals surface area contributed by atoms with Crippen LogP contribution in [0.5, 0.6) is 0 Å². The first-order chi connectivity index (χ1) is 12.9. The van der Waals surface area contributed by atoms with Crippen molar-refractivity contribution in [3.8, 4) is 0 Å². The summed E-state index contributed by atoms with van der Waals surface area (Å²) >= 11 is 2.14. The lowest BCUT2D eigenvalue weighted by Gasteiger charge is -2.30. The first-order valence-corrected chi connectivity index (χ1v) is 11.9. The molecular weight excluding hydrogens is 350 g/mol. The highest BCUT2D eigenvalue weighted by molar-refractivity contribution is 8.00. The second kappa shape index (κ2) is 9.49. The van der Waals surface area contributed by atoms with E-state index in [4.69, 9.17) is 0 Å². The summed E-state index contributed by atoms with van der Waals surface area (Å²) in [6.45, 7) is 7.87. The first-order valence-electron chi connectivity index (χ1n) is 10.9. The standard InChI is InChI=1S/C24H37NOS/c1-24(2,3)27-18-21-11-9-19(10-12-21)7-8-20-13-15-22(16-14-20)25-17-5-4-6-23(25)26/h13-16,19,21H,4-12,17-18H2,1-3H3. The third-order valence-corrected chi connectivity index (χ3v) is 7.64. The number of carbonyl (C=O) groups is 1. The predicted octanol–water partition coefficient (Wildman–Crippen LogP) is 6.47. The molecule has 3 rings (SSSR count). The van der Waals surface area contributed by atoms with Gasteiger partial charge < -0.3 is 4.90 Å². The zero-order valence-electron chi connectivity index (χ0n) is 17.5. The van der Waals surface area contributed by atoms with E-state index in [0.717, 1.165) is 36.9 Å². The maximum atomic E-state index is 12.1. The normalized spacial score (nSPS) is 24.3. The van der Waals surface area contributed by atoms with Crippen molar-refractivity contribution < 1.29 is 4.79 Å². The van der Waals surface area contributed by atoms with Crippen LogP contribution in [0.2, 0.25) is 0 Å². The largest absolute Gasteiger partial charge is 0.312 e. The van der Waals surface area contributed by atoms with Gasteiger partial charge in [0.2, 0.25) is 5.91 Å². The van der Waals surface area contributed by atoms with Crippen LogP contribution >= 0.6 is 11.8 Å². The molecule has 3 heteroatoms. The minimum Gasteiger partial charge on any atom is -0.312 e. The Balaban J connectivity index is 1.40. The zero-order valence-corrected chi connectivity index (χ0v) is 18.3. The van der Waals surface area contributed by atoms with Crippen molar-refractivity contribution >= 4 is 23.4 Å². The number of amides is 1. The number of aryl methyl sites for hydroxylation is 1. The number of thioether (sulfide) groups is 1. The van der Waals surface area contributed by atoms with Crippen LogP contribution in [0.25, 0.3) is 0 Å². The van der Waals surface area contributed by atoms with E-state index in [-0.39, 0.29) is 5.91 Å². The zero-order chi connectivity index (χ0) is 19.3. The van der Waals surface area contributed by atoms with E-state index in [2.05, 4.69) is 56.8 Å². The average Bonchev–Trinajstić information content (AvgIpc) is 2.66. The van der Waals surface area contributed by atoms with Gasteiger partial charge in [0.15, 0.2) is 0 Å². The Morgan fingerprint density at radius 1 is 1.00 bits per heavy atom. The molecule has 1 saturated carbocycles. The molecule has 0 N–H and O–H groups in total. The van der Waals surface area contributed by atoms with Gasteiger partial charge in [-0.1, -0.05) is 45.7 Å². The SMILES string of the molecule is CC(C)(C)SCC1CCC(CCc2ccc(N3CCCCC3=O)cc2)CC1. The predicted molar refractivity (Wildman–Crippen MR) is 119 cm³/mol. The molecule has 2 aliphatic rings. The summed E-state index contributed by atoms with van der Waals surface area (Å²) in [6.07, 6.45) is 11.0. The average molecular weight is 388 g/mol. The van der Waals surface area contributed by atoms with Crippen molar-refractivity contribution in [2.45, 2.75) is 83.3 Å². The molecule has 0 spiro atoms. The number of anilines is 1. The lowest BCUT2D eigenvalue weighted by molar-refractivity contribution is -0.119. The second-order valence-corrected chi connectivity index (χ2v) is 11.4. The smallest absolute Gasteiger partial charge is 0.226 e. The summed E-state index contributed by atoms with van der Waals surface area (Å²) in [5.74, 6) is 3.47. The fraction of sp³-hybridized carbons (Fsp3) is 0.708. The van der Waals surface area contributed by atoms with Gasteiger partial charge in [-0.25, -0.2) is 0 Å². The van der Waals surface area contributed by atoms with Gasteiger partial charge in [-0.05, 0) is 73.8 Å². The number of hydrogen-bond donors (Lipinski definition) is 0. The van der Waals surface area contributed by atoms with Crippen molar-refractivity contribution in [1.29, 1.82) is 0 Å². The maximum absolute atomic E-state index is 12.1. The molecular formula is C24H37NOS. The van der Waals surface area contributed by atoms with Crippen LogP contribution in [0.4, 0.5) is 5.69 Å². The molecule has 0 radical (unpaired) electrons. The lowest BCUT2D eigenvalue weighted by atomic mass is 9.80. The Bertz CT molecular complexity index is 596. The van der Waals surface area contributed by atoms with Crippen LogP contribution in [0.15, 0.2) is 24.3 Å². The quantitative estimate of drug-likeness (QED) is 0.557. The van der Waals surface area contributed by atoms with Crippen LogP contribution in [-0.2, 0) is 11.2 Å². The molecule has 150 valence electrons. The number of piperidine rings is 1. The van der Waals surface area contributed by atoms with Gasteiger partial charge in [0.25, 0.3) is 0 Å². The highest BCUT2D eigenvalue weighted by atomic mass is 32.2. The molecule has 1 aromatic carbocycles. The number of carbonyl (C=O) groups excluding carboxylic acids is 1. The van der Waals surface area contributed by atoms with E-state index < -0.39 is 0 Å². The molecule has 1 saturated heterocycles. The Hall–Kier alpha value is -0.960. The summed E-state index contributed by atoms with van der Waals surface area (Å²) in [4.78, 5) is 14.0. The van der Waals surface area contributed by atoms with Crippen molar-refractivity contribution in [3.05, 3.63) is 29.8 Å². The summed E-state index contributed by atoms with van der Waals surface area (Å²) in [5.41, 5.74) is 2.51. The summed E-state index contributed by atoms with van der Waals surface area (Å²) in [6, 6.07) is 8.78. The summed E-state index contributed by atoms with van der Waals surface area (Å²) < 4.78 is 0.405. The van der Waals surface area contributed by atoms with Crippen molar-refractivity contribution in [2.24, 2.45) is 11.8 Å². The van der Waals surface area contributed by atoms with E-state index in [0.29, 0.717) is 11.2 Å².